The minimum atomic E-state index is -0.977. The van der Waals surface area contributed by atoms with E-state index in [1.165, 1.54) is 9.80 Å². The lowest BCUT2D eigenvalue weighted by atomic mass is 10.5. The van der Waals surface area contributed by atoms with E-state index in [-0.39, 0.29) is 0 Å². The van der Waals surface area contributed by atoms with Crippen molar-refractivity contribution in [3.05, 3.63) is 0 Å². The molecule has 0 amide bonds. The molecule has 2 atom stereocenters. The summed E-state index contributed by atoms with van der Waals surface area (Å²) >= 11 is 0. The minimum Gasteiger partial charge on any atom is -0.374 e. The Morgan fingerprint density at radius 2 is 1.55 bits per heavy atom. The lowest BCUT2D eigenvalue weighted by Gasteiger charge is -2.18. The van der Waals surface area contributed by atoms with Gasteiger partial charge in [-0.2, -0.15) is 0 Å². The van der Waals surface area contributed by atoms with Gasteiger partial charge >= 0.3 is 0 Å². The predicted octanol–water partition coefficient (Wildman–Crippen LogP) is -1.97. The Morgan fingerprint density at radius 1 is 1.18 bits per heavy atom. The van der Waals surface area contributed by atoms with Crippen LogP contribution < -0.4 is 0 Å². The molecule has 2 unspecified atom stereocenters. The standard InChI is InChI=1S/C6H12N2O3/c1-7-4(3-9)8(2)6(11)5(7)10/h3-6,10-11H,1-2H3. The van der Waals surface area contributed by atoms with Crippen LogP contribution in [0.2, 0.25) is 0 Å². The van der Waals surface area contributed by atoms with Crippen LogP contribution in [-0.2, 0) is 4.79 Å². The second-order valence-electron chi connectivity index (χ2n) is 2.71. The van der Waals surface area contributed by atoms with Crippen molar-refractivity contribution in [1.82, 2.24) is 9.80 Å². The fraction of sp³-hybridized carbons (Fsp3) is 0.833. The van der Waals surface area contributed by atoms with Gasteiger partial charge in [-0.1, -0.05) is 0 Å². The van der Waals surface area contributed by atoms with Crippen molar-refractivity contribution >= 4 is 6.29 Å². The van der Waals surface area contributed by atoms with Crippen LogP contribution in [0.5, 0.6) is 0 Å². The molecule has 0 radical (unpaired) electrons. The molecule has 1 rings (SSSR count). The molecule has 2 N–H and O–H groups in total. The van der Waals surface area contributed by atoms with E-state index in [1.807, 2.05) is 0 Å². The highest BCUT2D eigenvalue weighted by Gasteiger charge is 2.40. The van der Waals surface area contributed by atoms with Gasteiger partial charge < -0.3 is 15.0 Å². The number of nitrogens with zero attached hydrogens (tertiary/aromatic N) is 2. The Bertz CT molecular complexity index is 150. The van der Waals surface area contributed by atoms with Crippen LogP contribution in [0.4, 0.5) is 0 Å². The number of carbonyl (C=O) groups is 1. The number of hydrogen-bond acceptors (Lipinski definition) is 5. The van der Waals surface area contributed by atoms with E-state index in [2.05, 4.69) is 0 Å². The lowest BCUT2D eigenvalue weighted by molar-refractivity contribution is -0.116. The van der Waals surface area contributed by atoms with Gasteiger partial charge in [0.25, 0.3) is 0 Å². The molecule has 0 spiro atoms. The van der Waals surface area contributed by atoms with E-state index < -0.39 is 18.6 Å². The Labute approximate surface area is 64.8 Å². The number of aliphatic hydroxyl groups excluding tert-OH is 2. The van der Waals surface area contributed by atoms with Crippen LogP contribution in [0.3, 0.4) is 0 Å². The highest BCUT2D eigenvalue weighted by atomic mass is 16.4. The molecule has 0 saturated carbocycles. The summed E-state index contributed by atoms with van der Waals surface area (Å²) in [6.07, 6.45) is -1.80. The first kappa shape index (κ1) is 8.61. The van der Waals surface area contributed by atoms with E-state index in [1.54, 1.807) is 14.1 Å². The van der Waals surface area contributed by atoms with Crippen molar-refractivity contribution in [2.24, 2.45) is 0 Å². The Balaban J connectivity index is 2.76. The Hall–Kier alpha value is -0.490. The van der Waals surface area contributed by atoms with Gasteiger partial charge in [-0.05, 0) is 14.1 Å². The maximum atomic E-state index is 10.4. The molecule has 0 bridgehead atoms. The van der Waals surface area contributed by atoms with Crippen LogP contribution >= 0.6 is 0 Å². The zero-order chi connectivity index (χ0) is 8.59. The zero-order valence-electron chi connectivity index (χ0n) is 6.51. The molecule has 1 saturated heterocycles. The van der Waals surface area contributed by atoms with E-state index in [4.69, 9.17) is 0 Å². The molecule has 0 aliphatic carbocycles. The van der Waals surface area contributed by atoms with Crippen molar-refractivity contribution in [3.63, 3.8) is 0 Å². The molecule has 1 heterocycles. The van der Waals surface area contributed by atoms with Crippen molar-refractivity contribution in [1.29, 1.82) is 0 Å². The topological polar surface area (TPSA) is 64.0 Å². The summed E-state index contributed by atoms with van der Waals surface area (Å²) < 4.78 is 0. The first-order chi connectivity index (χ1) is 5.09. The average molecular weight is 160 g/mol. The van der Waals surface area contributed by atoms with Crippen LogP contribution in [0.25, 0.3) is 0 Å². The lowest BCUT2D eigenvalue weighted by Crippen LogP contribution is -2.37. The summed E-state index contributed by atoms with van der Waals surface area (Å²) in [5, 5.41) is 18.4. The van der Waals surface area contributed by atoms with Crippen molar-refractivity contribution in [2.45, 2.75) is 18.6 Å². The monoisotopic (exact) mass is 160 g/mol. The second-order valence-corrected chi connectivity index (χ2v) is 2.71. The van der Waals surface area contributed by atoms with E-state index in [9.17, 15) is 15.0 Å². The molecule has 1 fully saturated rings. The fourth-order valence-electron chi connectivity index (χ4n) is 1.21. The number of aliphatic hydroxyl groups is 2. The van der Waals surface area contributed by atoms with Crippen molar-refractivity contribution in [2.75, 3.05) is 14.1 Å². The fourth-order valence-corrected chi connectivity index (χ4v) is 1.21. The van der Waals surface area contributed by atoms with Crippen LogP contribution in [0.15, 0.2) is 0 Å². The molecule has 0 aromatic heterocycles. The third-order valence-electron chi connectivity index (χ3n) is 2.06. The van der Waals surface area contributed by atoms with Gasteiger partial charge in [0.2, 0.25) is 0 Å². The third-order valence-corrected chi connectivity index (χ3v) is 2.06. The zero-order valence-corrected chi connectivity index (χ0v) is 6.51. The predicted molar refractivity (Wildman–Crippen MR) is 37.4 cm³/mol. The smallest absolute Gasteiger partial charge is 0.152 e. The first-order valence-electron chi connectivity index (χ1n) is 3.35. The average Bonchev–Trinajstić information content (AvgIpc) is 2.17. The largest absolute Gasteiger partial charge is 0.374 e. The van der Waals surface area contributed by atoms with E-state index >= 15 is 0 Å². The molecule has 0 aromatic carbocycles. The highest BCUT2D eigenvalue weighted by molar-refractivity contribution is 5.57. The van der Waals surface area contributed by atoms with Gasteiger partial charge in [0.15, 0.2) is 6.29 Å². The Kier molecular flexibility index (Phi) is 2.24. The number of aldehydes is 1. The molecular formula is C6H12N2O3. The molecule has 1 aliphatic rings. The number of carbonyl (C=O) groups excluding carboxylic acids is 1. The SMILES string of the molecule is CN1C(O)C(O)N(C)C1C=O. The van der Waals surface area contributed by atoms with Gasteiger partial charge in [0.1, 0.15) is 18.6 Å². The minimum absolute atomic E-state index is 0.528. The second kappa shape index (κ2) is 2.86. The molecule has 5 nitrogen and oxygen atoms in total. The number of rotatable bonds is 1. The van der Waals surface area contributed by atoms with Crippen LogP contribution in [0, 0.1) is 0 Å². The normalized spacial score (nSPS) is 41.3. The summed E-state index contributed by atoms with van der Waals surface area (Å²) in [5.74, 6) is 0. The molecule has 0 aromatic rings. The van der Waals surface area contributed by atoms with Gasteiger partial charge in [-0.25, -0.2) is 0 Å². The molecule has 5 heteroatoms. The summed E-state index contributed by atoms with van der Waals surface area (Å²) in [7, 11) is 3.16. The van der Waals surface area contributed by atoms with Gasteiger partial charge in [0.05, 0.1) is 0 Å². The highest BCUT2D eigenvalue weighted by Crippen LogP contribution is 2.18. The van der Waals surface area contributed by atoms with Crippen molar-refractivity contribution < 1.29 is 15.0 Å². The van der Waals surface area contributed by atoms with Gasteiger partial charge in [0, 0.05) is 0 Å². The van der Waals surface area contributed by atoms with E-state index in [0.717, 1.165) is 0 Å². The Morgan fingerprint density at radius 3 is 1.73 bits per heavy atom. The van der Waals surface area contributed by atoms with Gasteiger partial charge in [-0.15, -0.1) is 0 Å². The first-order valence-corrected chi connectivity index (χ1v) is 3.35. The summed E-state index contributed by atoms with van der Waals surface area (Å²) in [6.45, 7) is 0. The molecule has 11 heavy (non-hydrogen) atoms. The van der Waals surface area contributed by atoms with Crippen molar-refractivity contribution in [3.8, 4) is 0 Å². The summed E-state index contributed by atoms with van der Waals surface area (Å²) in [4.78, 5) is 13.2. The maximum absolute atomic E-state index is 10.4. The van der Waals surface area contributed by atoms with Crippen LogP contribution in [-0.4, -0.2) is 59.0 Å². The summed E-state index contributed by atoms with van der Waals surface area (Å²) in [6, 6.07) is 0. The third kappa shape index (κ3) is 1.16. The summed E-state index contributed by atoms with van der Waals surface area (Å²) in [5.41, 5.74) is 0. The quantitative estimate of drug-likeness (QED) is 0.435. The molecule has 1 aliphatic heterocycles. The van der Waals surface area contributed by atoms with Crippen LogP contribution in [0.1, 0.15) is 0 Å². The number of likely N-dealkylation sites (N-methyl/N-ethyl adjacent to an activating group) is 2. The maximum Gasteiger partial charge on any atom is 0.152 e. The van der Waals surface area contributed by atoms with E-state index in [0.29, 0.717) is 6.29 Å². The number of hydrogen-bond donors (Lipinski definition) is 2. The van der Waals surface area contributed by atoms with Gasteiger partial charge in [-0.3, -0.25) is 9.80 Å². The molecular weight excluding hydrogens is 148 g/mol. The molecule has 64 valence electrons.